The summed E-state index contributed by atoms with van der Waals surface area (Å²) in [6, 6.07) is 0.754. The van der Waals surface area contributed by atoms with Crippen LogP contribution in [0.25, 0.3) is 0 Å². The Bertz CT molecular complexity index is 444. The molecule has 1 aliphatic heterocycles. The van der Waals surface area contributed by atoms with Crippen molar-refractivity contribution in [1.82, 2.24) is 19.8 Å². The fourth-order valence-corrected chi connectivity index (χ4v) is 2.92. The zero-order chi connectivity index (χ0) is 14.7. The van der Waals surface area contributed by atoms with Crippen LogP contribution in [-0.4, -0.2) is 45.5 Å². The summed E-state index contributed by atoms with van der Waals surface area (Å²) in [5.41, 5.74) is 0. The van der Waals surface area contributed by atoms with Crippen molar-refractivity contribution in [3.05, 3.63) is 18.2 Å². The molecule has 0 aromatic carbocycles. The standard InChI is InChI=1S/C15H26N4O/c1-11(2)15-16-6-8-18(15)7-5-14(20)19-9-12(3)17-13(4)10-19/h6,8,11-13,17H,5,7,9-10H2,1-4H3/t12-,13-/m0/s1. The molecule has 1 aromatic rings. The number of carbonyl (C=O) groups excluding carboxylic acids is 1. The van der Waals surface area contributed by atoms with E-state index in [0.717, 1.165) is 25.5 Å². The highest BCUT2D eigenvalue weighted by molar-refractivity contribution is 5.76. The van der Waals surface area contributed by atoms with Gasteiger partial charge in [0, 0.05) is 56.5 Å². The highest BCUT2D eigenvalue weighted by atomic mass is 16.2. The van der Waals surface area contributed by atoms with Gasteiger partial charge in [-0.1, -0.05) is 13.8 Å². The predicted octanol–water partition coefficient (Wildman–Crippen LogP) is 1.61. The Kier molecular flexibility index (Phi) is 4.81. The minimum absolute atomic E-state index is 0.244. The largest absolute Gasteiger partial charge is 0.340 e. The summed E-state index contributed by atoms with van der Waals surface area (Å²) in [5, 5.41) is 3.45. The summed E-state index contributed by atoms with van der Waals surface area (Å²) in [6.45, 7) is 10.8. The third-order valence-electron chi connectivity index (χ3n) is 3.74. The van der Waals surface area contributed by atoms with E-state index < -0.39 is 0 Å². The second-order valence-electron chi connectivity index (χ2n) is 6.15. The van der Waals surface area contributed by atoms with E-state index in [-0.39, 0.29) is 5.91 Å². The number of carbonyl (C=O) groups is 1. The second kappa shape index (κ2) is 6.39. The average Bonchev–Trinajstić information content (AvgIpc) is 2.83. The second-order valence-corrected chi connectivity index (χ2v) is 6.15. The molecule has 5 nitrogen and oxygen atoms in total. The lowest BCUT2D eigenvalue weighted by atomic mass is 10.1. The molecule has 2 atom stereocenters. The maximum absolute atomic E-state index is 12.3. The van der Waals surface area contributed by atoms with Crippen LogP contribution in [0.1, 0.15) is 45.9 Å². The first kappa shape index (κ1) is 15.0. The predicted molar refractivity (Wildman–Crippen MR) is 79.6 cm³/mol. The summed E-state index contributed by atoms with van der Waals surface area (Å²) in [4.78, 5) is 18.7. The summed E-state index contributed by atoms with van der Waals surface area (Å²) < 4.78 is 2.09. The van der Waals surface area contributed by atoms with Gasteiger partial charge in [-0.3, -0.25) is 4.79 Å². The van der Waals surface area contributed by atoms with Crippen LogP contribution in [0.4, 0.5) is 0 Å². The summed E-state index contributed by atoms with van der Waals surface area (Å²) in [6.07, 6.45) is 4.33. The fraction of sp³-hybridized carbons (Fsp3) is 0.733. The third-order valence-corrected chi connectivity index (χ3v) is 3.74. The molecule has 0 radical (unpaired) electrons. The van der Waals surface area contributed by atoms with E-state index in [1.54, 1.807) is 0 Å². The zero-order valence-electron chi connectivity index (χ0n) is 13.0. The molecule has 0 spiro atoms. The van der Waals surface area contributed by atoms with E-state index >= 15 is 0 Å². The van der Waals surface area contributed by atoms with Crippen molar-refractivity contribution >= 4 is 5.91 Å². The average molecular weight is 278 g/mol. The number of rotatable bonds is 4. The van der Waals surface area contributed by atoms with Gasteiger partial charge in [0.1, 0.15) is 5.82 Å². The number of aryl methyl sites for hydroxylation is 1. The molecule has 2 heterocycles. The van der Waals surface area contributed by atoms with Crippen molar-refractivity contribution in [3.63, 3.8) is 0 Å². The van der Waals surface area contributed by atoms with Gasteiger partial charge in [0.05, 0.1) is 0 Å². The Hall–Kier alpha value is -1.36. The van der Waals surface area contributed by atoms with E-state index in [2.05, 4.69) is 42.6 Å². The maximum Gasteiger partial charge on any atom is 0.224 e. The Morgan fingerprint density at radius 1 is 1.40 bits per heavy atom. The number of imidazole rings is 1. The number of hydrogen-bond acceptors (Lipinski definition) is 3. The zero-order valence-corrected chi connectivity index (χ0v) is 13.0. The quantitative estimate of drug-likeness (QED) is 0.910. The van der Waals surface area contributed by atoms with Crippen LogP contribution in [0.2, 0.25) is 0 Å². The first-order valence-corrected chi connectivity index (χ1v) is 7.52. The Labute approximate surface area is 121 Å². The highest BCUT2D eigenvalue weighted by Gasteiger charge is 2.24. The van der Waals surface area contributed by atoms with Gasteiger partial charge in [-0.05, 0) is 13.8 Å². The lowest BCUT2D eigenvalue weighted by Crippen LogP contribution is -2.55. The molecule has 2 rings (SSSR count). The van der Waals surface area contributed by atoms with Gasteiger partial charge in [0.15, 0.2) is 0 Å². The van der Waals surface area contributed by atoms with Crippen molar-refractivity contribution in [2.75, 3.05) is 13.1 Å². The molecule has 1 saturated heterocycles. The van der Waals surface area contributed by atoms with Crippen molar-refractivity contribution in [3.8, 4) is 0 Å². The van der Waals surface area contributed by atoms with Crippen molar-refractivity contribution in [1.29, 1.82) is 0 Å². The lowest BCUT2D eigenvalue weighted by Gasteiger charge is -2.36. The Morgan fingerprint density at radius 2 is 2.05 bits per heavy atom. The van der Waals surface area contributed by atoms with Crippen molar-refractivity contribution in [2.24, 2.45) is 0 Å². The van der Waals surface area contributed by atoms with E-state index in [4.69, 9.17) is 0 Å². The van der Waals surface area contributed by atoms with E-state index in [1.165, 1.54) is 0 Å². The molecular formula is C15H26N4O. The van der Waals surface area contributed by atoms with E-state index in [1.807, 2.05) is 17.3 Å². The van der Waals surface area contributed by atoms with Gasteiger partial charge in [-0.15, -0.1) is 0 Å². The lowest BCUT2D eigenvalue weighted by molar-refractivity contribution is -0.133. The normalized spacial score (nSPS) is 23.4. The topological polar surface area (TPSA) is 50.2 Å². The molecule has 1 aliphatic rings. The van der Waals surface area contributed by atoms with Crippen molar-refractivity contribution in [2.45, 2.75) is 58.7 Å². The number of nitrogens with one attached hydrogen (secondary N) is 1. The molecule has 1 aromatic heterocycles. The first-order chi connectivity index (χ1) is 9.47. The molecule has 20 heavy (non-hydrogen) atoms. The van der Waals surface area contributed by atoms with Gasteiger partial charge < -0.3 is 14.8 Å². The first-order valence-electron chi connectivity index (χ1n) is 7.52. The van der Waals surface area contributed by atoms with Crippen LogP contribution in [0.5, 0.6) is 0 Å². The van der Waals surface area contributed by atoms with Gasteiger partial charge in [-0.2, -0.15) is 0 Å². The van der Waals surface area contributed by atoms with Crippen LogP contribution < -0.4 is 5.32 Å². The molecular weight excluding hydrogens is 252 g/mol. The summed E-state index contributed by atoms with van der Waals surface area (Å²) in [7, 11) is 0. The number of hydrogen-bond donors (Lipinski definition) is 1. The molecule has 0 bridgehead atoms. The molecule has 1 N–H and O–H groups in total. The van der Waals surface area contributed by atoms with Crippen molar-refractivity contribution < 1.29 is 4.79 Å². The molecule has 1 amide bonds. The monoisotopic (exact) mass is 278 g/mol. The number of piperazine rings is 1. The molecule has 5 heteroatoms. The fourth-order valence-electron chi connectivity index (χ4n) is 2.92. The van der Waals surface area contributed by atoms with E-state index in [9.17, 15) is 4.79 Å². The smallest absolute Gasteiger partial charge is 0.224 e. The number of nitrogens with zero attached hydrogens (tertiary/aromatic N) is 3. The number of aromatic nitrogens is 2. The summed E-state index contributed by atoms with van der Waals surface area (Å²) in [5.74, 6) is 1.69. The Morgan fingerprint density at radius 3 is 2.65 bits per heavy atom. The van der Waals surface area contributed by atoms with Crippen LogP contribution in [-0.2, 0) is 11.3 Å². The highest BCUT2D eigenvalue weighted by Crippen LogP contribution is 2.13. The number of amides is 1. The third kappa shape index (κ3) is 3.60. The van der Waals surface area contributed by atoms with Crippen LogP contribution in [0, 0.1) is 0 Å². The molecule has 0 saturated carbocycles. The molecule has 0 unspecified atom stereocenters. The maximum atomic E-state index is 12.3. The molecule has 1 fully saturated rings. The van der Waals surface area contributed by atoms with E-state index in [0.29, 0.717) is 24.4 Å². The van der Waals surface area contributed by atoms with Gasteiger partial charge in [-0.25, -0.2) is 4.98 Å². The van der Waals surface area contributed by atoms with Gasteiger partial charge >= 0.3 is 0 Å². The Balaban J connectivity index is 1.90. The van der Waals surface area contributed by atoms with Gasteiger partial charge in [0.25, 0.3) is 0 Å². The minimum Gasteiger partial charge on any atom is -0.340 e. The van der Waals surface area contributed by atoms with Crippen LogP contribution in [0.15, 0.2) is 12.4 Å². The minimum atomic E-state index is 0.244. The SMILES string of the molecule is CC(C)c1nccn1CCC(=O)N1C[C@H](C)N[C@@H](C)C1. The molecule has 112 valence electrons. The van der Waals surface area contributed by atoms with Crippen LogP contribution in [0.3, 0.4) is 0 Å². The summed E-state index contributed by atoms with van der Waals surface area (Å²) >= 11 is 0. The van der Waals surface area contributed by atoms with Gasteiger partial charge in [0.2, 0.25) is 5.91 Å². The van der Waals surface area contributed by atoms with Crippen LogP contribution >= 0.6 is 0 Å². The molecule has 0 aliphatic carbocycles.